The summed E-state index contributed by atoms with van der Waals surface area (Å²) in [6.45, 7) is 12.9. The second-order valence-electron chi connectivity index (χ2n) is 4.53. The monoisotopic (exact) mass is 200 g/mol. The maximum atomic E-state index is 5.35. The lowest BCUT2D eigenvalue weighted by Crippen LogP contribution is -2.58. The molecule has 1 aliphatic rings. The van der Waals surface area contributed by atoms with Gasteiger partial charge in [0, 0.05) is 44.9 Å². The SMILES string of the molecule is CCOCCCN1CCNCC1(C)C. The van der Waals surface area contributed by atoms with Crippen molar-refractivity contribution in [3.8, 4) is 0 Å². The van der Waals surface area contributed by atoms with Gasteiger partial charge in [0.25, 0.3) is 0 Å². The van der Waals surface area contributed by atoms with Gasteiger partial charge in [-0.2, -0.15) is 0 Å². The molecule has 1 saturated heterocycles. The van der Waals surface area contributed by atoms with Gasteiger partial charge in [0.15, 0.2) is 0 Å². The number of piperazine rings is 1. The first-order valence-corrected chi connectivity index (χ1v) is 5.70. The number of hydrogen-bond donors (Lipinski definition) is 1. The van der Waals surface area contributed by atoms with Crippen molar-refractivity contribution < 1.29 is 4.74 Å². The maximum absolute atomic E-state index is 5.35. The number of nitrogens with one attached hydrogen (secondary N) is 1. The average molecular weight is 200 g/mol. The summed E-state index contributed by atoms with van der Waals surface area (Å²) in [6.07, 6.45) is 1.15. The fraction of sp³-hybridized carbons (Fsp3) is 1.00. The first-order chi connectivity index (χ1) is 6.67. The smallest absolute Gasteiger partial charge is 0.0478 e. The molecule has 84 valence electrons. The van der Waals surface area contributed by atoms with Gasteiger partial charge in [-0.25, -0.2) is 0 Å². The van der Waals surface area contributed by atoms with Gasteiger partial charge >= 0.3 is 0 Å². The molecule has 0 spiro atoms. The van der Waals surface area contributed by atoms with Crippen molar-refractivity contribution in [3.05, 3.63) is 0 Å². The minimum Gasteiger partial charge on any atom is -0.382 e. The van der Waals surface area contributed by atoms with Crippen LogP contribution in [0.2, 0.25) is 0 Å². The summed E-state index contributed by atoms with van der Waals surface area (Å²) in [4.78, 5) is 2.56. The zero-order valence-corrected chi connectivity index (χ0v) is 9.81. The summed E-state index contributed by atoms with van der Waals surface area (Å²) < 4.78 is 5.35. The lowest BCUT2D eigenvalue weighted by Gasteiger charge is -2.42. The van der Waals surface area contributed by atoms with E-state index in [4.69, 9.17) is 4.74 Å². The predicted molar refractivity (Wildman–Crippen MR) is 59.6 cm³/mol. The normalized spacial score (nSPS) is 22.5. The minimum atomic E-state index is 0.310. The van der Waals surface area contributed by atoms with Crippen molar-refractivity contribution in [2.45, 2.75) is 32.7 Å². The van der Waals surface area contributed by atoms with Crippen molar-refractivity contribution >= 4 is 0 Å². The number of ether oxygens (including phenoxy) is 1. The third kappa shape index (κ3) is 3.56. The summed E-state index contributed by atoms with van der Waals surface area (Å²) in [5, 5.41) is 3.43. The zero-order valence-electron chi connectivity index (χ0n) is 9.81. The van der Waals surface area contributed by atoms with Gasteiger partial charge in [0.2, 0.25) is 0 Å². The largest absolute Gasteiger partial charge is 0.382 e. The van der Waals surface area contributed by atoms with Crippen LogP contribution < -0.4 is 5.32 Å². The van der Waals surface area contributed by atoms with E-state index in [1.165, 1.54) is 6.54 Å². The van der Waals surface area contributed by atoms with E-state index >= 15 is 0 Å². The fourth-order valence-corrected chi connectivity index (χ4v) is 1.94. The van der Waals surface area contributed by atoms with E-state index in [-0.39, 0.29) is 0 Å². The lowest BCUT2D eigenvalue weighted by molar-refractivity contribution is 0.0710. The lowest BCUT2D eigenvalue weighted by atomic mass is 10.00. The molecule has 0 aromatic heterocycles. The van der Waals surface area contributed by atoms with Crippen molar-refractivity contribution in [2.75, 3.05) is 39.4 Å². The second-order valence-corrected chi connectivity index (χ2v) is 4.53. The average Bonchev–Trinajstić information content (AvgIpc) is 2.14. The highest BCUT2D eigenvalue weighted by Crippen LogP contribution is 2.15. The molecule has 0 atom stereocenters. The molecule has 0 aliphatic carbocycles. The first kappa shape index (κ1) is 12.0. The van der Waals surface area contributed by atoms with Crippen LogP contribution >= 0.6 is 0 Å². The molecule has 1 heterocycles. The second kappa shape index (κ2) is 5.69. The molecule has 1 rings (SSSR count). The molecule has 0 bridgehead atoms. The number of rotatable bonds is 5. The van der Waals surface area contributed by atoms with Crippen LogP contribution in [0.25, 0.3) is 0 Å². The Kier molecular flexibility index (Phi) is 4.85. The summed E-state index contributed by atoms with van der Waals surface area (Å²) >= 11 is 0. The Morgan fingerprint density at radius 1 is 1.43 bits per heavy atom. The molecule has 0 radical (unpaired) electrons. The molecular weight excluding hydrogens is 176 g/mol. The van der Waals surface area contributed by atoms with Crippen LogP contribution in [0.15, 0.2) is 0 Å². The summed E-state index contributed by atoms with van der Waals surface area (Å²) in [7, 11) is 0. The van der Waals surface area contributed by atoms with Gasteiger partial charge < -0.3 is 10.1 Å². The van der Waals surface area contributed by atoms with E-state index in [0.29, 0.717) is 5.54 Å². The summed E-state index contributed by atoms with van der Waals surface area (Å²) in [5.74, 6) is 0. The Hall–Kier alpha value is -0.120. The molecule has 3 nitrogen and oxygen atoms in total. The van der Waals surface area contributed by atoms with Crippen LogP contribution in [0.5, 0.6) is 0 Å². The van der Waals surface area contributed by atoms with Gasteiger partial charge in [-0.1, -0.05) is 0 Å². The third-order valence-corrected chi connectivity index (χ3v) is 2.89. The van der Waals surface area contributed by atoms with Crippen LogP contribution in [0.1, 0.15) is 27.2 Å². The Morgan fingerprint density at radius 2 is 2.21 bits per heavy atom. The fourth-order valence-electron chi connectivity index (χ4n) is 1.94. The highest BCUT2D eigenvalue weighted by Gasteiger charge is 2.28. The highest BCUT2D eigenvalue weighted by atomic mass is 16.5. The molecule has 1 fully saturated rings. The van der Waals surface area contributed by atoms with Gasteiger partial charge in [-0.05, 0) is 27.2 Å². The van der Waals surface area contributed by atoms with E-state index < -0.39 is 0 Å². The van der Waals surface area contributed by atoms with Crippen molar-refractivity contribution in [3.63, 3.8) is 0 Å². The van der Waals surface area contributed by atoms with Crippen LogP contribution in [-0.2, 0) is 4.74 Å². The van der Waals surface area contributed by atoms with E-state index in [9.17, 15) is 0 Å². The molecule has 0 aromatic rings. The topological polar surface area (TPSA) is 24.5 Å². The molecule has 0 saturated carbocycles. The Bertz CT molecular complexity index is 159. The van der Waals surface area contributed by atoms with Crippen molar-refractivity contribution in [1.29, 1.82) is 0 Å². The van der Waals surface area contributed by atoms with E-state index in [2.05, 4.69) is 31.0 Å². The van der Waals surface area contributed by atoms with Crippen LogP contribution in [0, 0.1) is 0 Å². The Labute approximate surface area is 87.8 Å². The third-order valence-electron chi connectivity index (χ3n) is 2.89. The standard InChI is InChI=1S/C11H24N2O/c1-4-14-9-5-7-13-8-6-12-10-11(13,2)3/h12H,4-10H2,1-3H3. The molecule has 1 N–H and O–H groups in total. The van der Waals surface area contributed by atoms with E-state index in [0.717, 1.165) is 39.3 Å². The predicted octanol–water partition coefficient (Wildman–Crippen LogP) is 1.10. The van der Waals surface area contributed by atoms with Crippen LogP contribution in [-0.4, -0.2) is 49.8 Å². The first-order valence-electron chi connectivity index (χ1n) is 5.70. The van der Waals surface area contributed by atoms with E-state index in [1.807, 2.05) is 0 Å². The highest BCUT2D eigenvalue weighted by molar-refractivity contribution is 4.87. The summed E-state index contributed by atoms with van der Waals surface area (Å²) in [5.41, 5.74) is 0.310. The van der Waals surface area contributed by atoms with Gasteiger partial charge in [0.1, 0.15) is 0 Å². The van der Waals surface area contributed by atoms with Crippen molar-refractivity contribution in [2.24, 2.45) is 0 Å². The maximum Gasteiger partial charge on any atom is 0.0478 e. The van der Waals surface area contributed by atoms with E-state index in [1.54, 1.807) is 0 Å². The number of nitrogens with zero attached hydrogens (tertiary/aromatic N) is 1. The van der Waals surface area contributed by atoms with Crippen molar-refractivity contribution in [1.82, 2.24) is 10.2 Å². The molecule has 3 heteroatoms. The van der Waals surface area contributed by atoms with Gasteiger partial charge in [-0.3, -0.25) is 4.90 Å². The summed E-state index contributed by atoms with van der Waals surface area (Å²) in [6, 6.07) is 0. The van der Waals surface area contributed by atoms with Crippen LogP contribution in [0.4, 0.5) is 0 Å². The molecule has 0 unspecified atom stereocenters. The number of hydrogen-bond acceptors (Lipinski definition) is 3. The molecular formula is C11H24N2O. The minimum absolute atomic E-state index is 0.310. The quantitative estimate of drug-likeness (QED) is 0.673. The molecule has 1 aliphatic heterocycles. The Balaban J connectivity index is 2.20. The van der Waals surface area contributed by atoms with Gasteiger partial charge in [-0.15, -0.1) is 0 Å². The molecule has 14 heavy (non-hydrogen) atoms. The van der Waals surface area contributed by atoms with Crippen LogP contribution in [0.3, 0.4) is 0 Å². The molecule has 0 aromatic carbocycles. The molecule has 0 amide bonds. The van der Waals surface area contributed by atoms with Gasteiger partial charge in [0.05, 0.1) is 0 Å². The Morgan fingerprint density at radius 3 is 2.86 bits per heavy atom. The zero-order chi connectivity index (χ0) is 10.4.